The normalized spacial score (nSPS) is 11.7. The van der Waals surface area contributed by atoms with Crippen molar-refractivity contribution in [3.8, 4) is 0 Å². The fourth-order valence-electron chi connectivity index (χ4n) is 2.02. The number of fused-ring (bicyclic) bond motifs is 1. The standard InChI is InChI=1S/C15H13BrN4O3S/c1-20-9-4-2-3-5-11(9)24-15(20)19-18-13(21)8-17-14(22)10-6-7-12(16)23-10/h2-7H,8H2,1H3,(H,17,22)(H,18,21). The Morgan fingerprint density at radius 2 is 2.08 bits per heavy atom. The van der Waals surface area contributed by atoms with Crippen LogP contribution in [0.4, 0.5) is 0 Å². The van der Waals surface area contributed by atoms with Gasteiger partial charge in [-0.2, -0.15) is 0 Å². The number of para-hydroxylation sites is 1. The van der Waals surface area contributed by atoms with Crippen LogP contribution in [0, 0.1) is 0 Å². The largest absolute Gasteiger partial charge is 0.444 e. The fraction of sp³-hybridized carbons (Fsp3) is 0.133. The third-order valence-corrected chi connectivity index (χ3v) is 4.74. The molecule has 24 heavy (non-hydrogen) atoms. The van der Waals surface area contributed by atoms with Gasteiger partial charge < -0.3 is 14.3 Å². The summed E-state index contributed by atoms with van der Waals surface area (Å²) in [5.41, 5.74) is 3.47. The van der Waals surface area contributed by atoms with Crippen LogP contribution < -0.4 is 15.5 Å². The summed E-state index contributed by atoms with van der Waals surface area (Å²) >= 11 is 4.57. The lowest BCUT2D eigenvalue weighted by atomic mass is 10.3. The second-order valence-corrected chi connectivity index (χ2v) is 6.64. The predicted octanol–water partition coefficient (Wildman–Crippen LogP) is 1.96. The van der Waals surface area contributed by atoms with Gasteiger partial charge in [-0.3, -0.25) is 9.59 Å². The van der Waals surface area contributed by atoms with Crippen LogP contribution in [0.2, 0.25) is 0 Å². The molecule has 0 aliphatic rings. The number of rotatable bonds is 4. The highest BCUT2D eigenvalue weighted by molar-refractivity contribution is 9.10. The Morgan fingerprint density at radius 3 is 2.79 bits per heavy atom. The number of carbonyl (C=O) groups excluding carboxylic acids is 2. The smallest absolute Gasteiger partial charge is 0.287 e. The van der Waals surface area contributed by atoms with Gasteiger partial charge in [-0.15, -0.1) is 5.10 Å². The average Bonchev–Trinajstić information content (AvgIpc) is 3.15. The van der Waals surface area contributed by atoms with Crippen molar-refractivity contribution in [1.29, 1.82) is 0 Å². The Balaban J connectivity index is 1.62. The number of hydrogen-bond acceptors (Lipinski definition) is 5. The molecule has 0 aliphatic carbocycles. The van der Waals surface area contributed by atoms with E-state index in [2.05, 4.69) is 31.8 Å². The number of carbonyl (C=O) groups is 2. The Labute approximate surface area is 149 Å². The summed E-state index contributed by atoms with van der Waals surface area (Å²) in [5.74, 6) is -0.766. The molecule has 0 bridgehead atoms. The van der Waals surface area contributed by atoms with E-state index in [4.69, 9.17) is 4.42 Å². The monoisotopic (exact) mass is 408 g/mol. The summed E-state index contributed by atoms with van der Waals surface area (Å²) in [6.07, 6.45) is 0. The van der Waals surface area contributed by atoms with Crippen molar-refractivity contribution in [3.05, 3.63) is 51.6 Å². The molecule has 0 aliphatic heterocycles. The molecule has 9 heteroatoms. The van der Waals surface area contributed by atoms with Crippen LogP contribution in [0.5, 0.6) is 0 Å². The van der Waals surface area contributed by atoms with E-state index in [1.807, 2.05) is 35.9 Å². The highest BCUT2D eigenvalue weighted by Crippen LogP contribution is 2.15. The molecular formula is C15H13BrN4O3S. The molecule has 0 atom stereocenters. The van der Waals surface area contributed by atoms with Gasteiger partial charge in [0.1, 0.15) is 0 Å². The number of furan rings is 1. The van der Waals surface area contributed by atoms with Crippen molar-refractivity contribution in [1.82, 2.24) is 15.3 Å². The average molecular weight is 409 g/mol. The first-order valence-corrected chi connectivity index (χ1v) is 8.56. The Kier molecular flexibility index (Phi) is 4.81. The lowest BCUT2D eigenvalue weighted by molar-refractivity contribution is -0.120. The van der Waals surface area contributed by atoms with Crippen LogP contribution in [0.25, 0.3) is 10.2 Å². The maximum atomic E-state index is 11.8. The van der Waals surface area contributed by atoms with E-state index in [-0.39, 0.29) is 12.3 Å². The number of thiazole rings is 1. The number of benzene rings is 1. The molecule has 1 aromatic carbocycles. The highest BCUT2D eigenvalue weighted by atomic mass is 79.9. The lowest BCUT2D eigenvalue weighted by Gasteiger charge is -2.01. The third-order valence-electron chi connectivity index (χ3n) is 3.20. The van der Waals surface area contributed by atoms with Crippen LogP contribution in [0.15, 0.2) is 50.6 Å². The maximum absolute atomic E-state index is 11.8. The van der Waals surface area contributed by atoms with Gasteiger partial charge in [-0.25, -0.2) is 5.43 Å². The van der Waals surface area contributed by atoms with Crippen LogP contribution >= 0.6 is 27.3 Å². The first-order valence-electron chi connectivity index (χ1n) is 6.95. The zero-order chi connectivity index (χ0) is 17.1. The van der Waals surface area contributed by atoms with E-state index in [0.29, 0.717) is 9.47 Å². The van der Waals surface area contributed by atoms with E-state index in [0.717, 1.165) is 10.2 Å². The number of hydrogen-bond donors (Lipinski definition) is 2. The predicted molar refractivity (Wildman–Crippen MR) is 93.2 cm³/mol. The zero-order valence-corrected chi connectivity index (χ0v) is 15.0. The molecule has 2 aromatic heterocycles. The minimum atomic E-state index is -0.469. The van der Waals surface area contributed by atoms with Crippen LogP contribution in [-0.2, 0) is 11.8 Å². The second kappa shape index (κ2) is 7.02. The van der Waals surface area contributed by atoms with Gasteiger partial charge in [0.05, 0.1) is 16.8 Å². The van der Waals surface area contributed by atoms with Gasteiger partial charge in [-0.1, -0.05) is 23.5 Å². The Morgan fingerprint density at radius 1 is 1.29 bits per heavy atom. The summed E-state index contributed by atoms with van der Waals surface area (Å²) in [6, 6.07) is 11.0. The quantitative estimate of drug-likeness (QED) is 0.646. The number of aryl methyl sites for hydroxylation is 1. The van der Waals surface area contributed by atoms with Crippen molar-refractivity contribution >= 4 is 49.3 Å². The molecule has 3 rings (SSSR count). The van der Waals surface area contributed by atoms with Crippen LogP contribution in [0.1, 0.15) is 10.6 Å². The molecular weight excluding hydrogens is 396 g/mol. The summed E-state index contributed by atoms with van der Waals surface area (Å²) in [7, 11) is 1.88. The number of nitrogens with one attached hydrogen (secondary N) is 2. The molecule has 2 amide bonds. The van der Waals surface area contributed by atoms with Gasteiger partial charge >= 0.3 is 0 Å². The van der Waals surface area contributed by atoms with Crippen molar-refractivity contribution in [2.45, 2.75) is 0 Å². The van der Waals surface area contributed by atoms with Gasteiger partial charge in [-0.05, 0) is 40.2 Å². The molecule has 0 spiro atoms. The molecule has 0 fully saturated rings. The second-order valence-electron chi connectivity index (χ2n) is 4.84. The first kappa shape index (κ1) is 16.5. The van der Waals surface area contributed by atoms with Crippen molar-refractivity contribution in [2.24, 2.45) is 12.1 Å². The molecule has 3 aromatic rings. The molecule has 0 unspecified atom stereocenters. The van der Waals surface area contributed by atoms with Crippen molar-refractivity contribution < 1.29 is 14.0 Å². The molecule has 0 radical (unpaired) electrons. The molecule has 2 heterocycles. The van der Waals surface area contributed by atoms with Gasteiger partial charge in [0.2, 0.25) is 4.80 Å². The summed E-state index contributed by atoms with van der Waals surface area (Å²) in [5, 5.41) is 6.56. The number of halogens is 1. The first-order chi connectivity index (χ1) is 11.5. The molecule has 7 nitrogen and oxygen atoms in total. The topological polar surface area (TPSA) is 88.6 Å². The summed E-state index contributed by atoms with van der Waals surface area (Å²) in [6.45, 7) is -0.199. The van der Waals surface area contributed by atoms with Crippen molar-refractivity contribution in [2.75, 3.05) is 6.54 Å². The van der Waals surface area contributed by atoms with Gasteiger partial charge in [0.15, 0.2) is 10.4 Å². The van der Waals surface area contributed by atoms with Gasteiger partial charge in [0, 0.05) is 7.05 Å². The third kappa shape index (κ3) is 3.57. The highest BCUT2D eigenvalue weighted by Gasteiger charge is 2.11. The van der Waals surface area contributed by atoms with Crippen molar-refractivity contribution in [3.63, 3.8) is 0 Å². The summed E-state index contributed by atoms with van der Waals surface area (Å²) < 4.78 is 8.51. The van der Waals surface area contributed by atoms with Gasteiger partial charge in [0.25, 0.3) is 11.8 Å². The zero-order valence-electron chi connectivity index (χ0n) is 12.6. The molecule has 0 saturated carbocycles. The van der Waals surface area contributed by atoms with E-state index in [1.54, 1.807) is 6.07 Å². The lowest BCUT2D eigenvalue weighted by Crippen LogP contribution is -2.35. The van der Waals surface area contributed by atoms with E-state index < -0.39 is 11.8 Å². The van der Waals surface area contributed by atoms with E-state index >= 15 is 0 Å². The SMILES string of the molecule is Cn1c(=NNC(=O)CNC(=O)c2ccc(Br)o2)sc2ccccc21. The maximum Gasteiger partial charge on any atom is 0.287 e. The molecule has 0 saturated heterocycles. The minimum Gasteiger partial charge on any atom is -0.444 e. The van der Waals surface area contributed by atoms with E-state index in [1.165, 1.54) is 17.4 Å². The Hall–Kier alpha value is -2.39. The minimum absolute atomic E-state index is 0.127. The number of aromatic nitrogens is 1. The van der Waals surface area contributed by atoms with Crippen LogP contribution in [0.3, 0.4) is 0 Å². The Bertz CT molecular complexity index is 972. The fourth-order valence-corrected chi connectivity index (χ4v) is 3.31. The molecule has 124 valence electrons. The summed E-state index contributed by atoms with van der Waals surface area (Å²) in [4.78, 5) is 24.2. The van der Waals surface area contributed by atoms with Crippen LogP contribution in [-0.4, -0.2) is 22.9 Å². The number of amides is 2. The molecule has 2 N–H and O–H groups in total. The number of nitrogens with zero attached hydrogens (tertiary/aromatic N) is 2. The van der Waals surface area contributed by atoms with E-state index in [9.17, 15) is 9.59 Å².